The van der Waals surface area contributed by atoms with Crippen molar-refractivity contribution in [3.8, 4) is 23.0 Å². The fourth-order valence-electron chi connectivity index (χ4n) is 3.25. The number of carbonyl (C=O) groups is 2. The SMILES string of the molecule is COc1cc2nccc(Oc3ccc(NC(=O)NC(=O)Nc4ccccc4F)cc3)c2cc1OC. The minimum Gasteiger partial charge on any atom is -0.493 e. The number of benzene rings is 3. The highest BCUT2D eigenvalue weighted by molar-refractivity contribution is 6.05. The molecule has 9 nitrogen and oxygen atoms in total. The van der Waals surface area contributed by atoms with E-state index in [0.717, 1.165) is 5.39 Å². The Bertz CT molecular complexity index is 1380. The third-order valence-electron chi connectivity index (χ3n) is 4.90. The lowest BCUT2D eigenvalue weighted by atomic mass is 10.2. The Morgan fingerprint density at radius 3 is 2.23 bits per heavy atom. The smallest absolute Gasteiger partial charge is 0.327 e. The summed E-state index contributed by atoms with van der Waals surface area (Å²) in [4.78, 5) is 28.4. The van der Waals surface area contributed by atoms with Gasteiger partial charge in [-0.2, -0.15) is 0 Å². The highest BCUT2D eigenvalue weighted by atomic mass is 19.1. The van der Waals surface area contributed by atoms with Crippen LogP contribution in [0.25, 0.3) is 10.9 Å². The number of halogens is 1. The summed E-state index contributed by atoms with van der Waals surface area (Å²) in [5.41, 5.74) is 1.04. The topological polar surface area (TPSA) is 111 Å². The molecule has 0 aliphatic carbocycles. The molecule has 0 spiro atoms. The zero-order valence-corrected chi connectivity index (χ0v) is 18.8. The molecule has 178 valence electrons. The lowest BCUT2D eigenvalue weighted by Gasteiger charge is -2.13. The monoisotopic (exact) mass is 476 g/mol. The van der Waals surface area contributed by atoms with Gasteiger partial charge in [-0.3, -0.25) is 10.3 Å². The van der Waals surface area contributed by atoms with Crippen LogP contribution in [0.3, 0.4) is 0 Å². The van der Waals surface area contributed by atoms with Crippen LogP contribution in [0.2, 0.25) is 0 Å². The number of aromatic nitrogens is 1. The molecule has 0 aliphatic rings. The highest BCUT2D eigenvalue weighted by Crippen LogP contribution is 2.36. The zero-order valence-electron chi connectivity index (χ0n) is 18.8. The van der Waals surface area contributed by atoms with Crippen LogP contribution in [0.15, 0.2) is 72.9 Å². The van der Waals surface area contributed by atoms with E-state index in [1.807, 2.05) is 0 Å². The molecule has 4 amide bonds. The average molecular weight is 476 g/mol. The number of hydrogen-bond acceptors (Lipinski definition) is 6. The van der Waals surface area contributed by atoms with Gasteiger partial charge in [-0.1, -0.05) is 12.1 Å². The summed E-state index contributed by atoms with van der Waals surface area (Å²) in [6, 6.07) is 15.8. The van der Waals surface area contributed by atoms with Crippen LogP contribution in [0.1, 0.15) is 0 Å². The number of fused-ring (bicyclic) bond motifs is 1. The lowest BCUT2D eigenvalue weighted by Crippen LogP contribution is -2.37. The molecule has 3 N–H and O–H groups in total. The zero-order chi connectivity index (χ0) is 24.8. The Hall–Kier alpha value is -4.86. The van der Waals surface area contributed by atoms with Crippen LogP contribution in [-0.4, -0.2) is 31.3 Å². The van der Waals surface area contributed by atoms with Crippen molar-refractivity contribution in [3.63, 3.8) is 0 Å². The molecule has 0 bridgehead atoms. The molecule has 0 aliphatic heterocycles. The third kappa shape index (κ3) is 5.56. The maximum Gasteiger partial charge on any atom is 0.327 e. The summed E-state index contributed by atoms with van der Waals surface area (Å²) in [5, 5.41) is 7.59. The van der Waals surface area contributed by atoms with Crippen molar-refractivity contribution >= 4 is 34.3 Å². The van der Waals surface area contributed by atoms with E-state index >= 15 is 0 Å². The number of carbonyl (C=O) groups excluding carboxylic acids is 2. The Morgan fingerprint density at radius 2 is 1.51 bits per heavy atom. The van der Waals surface area contributed by atoms with Gasteiger partial charge in [0.05, 0.1) is 25.4 Å². The van der Waals surface area contributed by atoms with Crippen LogP contribution < -0.4 is 30.2 Å². The maximum atomic E-state index is 13.6. The summed E-state index contributed by atoms with van der Waals surface area (Å²) in [5.74, 6) is 1.55. The van der Waals surface area contributed by atoms with Crippen molar-refractivity contribution in [2.45, 2.75) is 0 Å². The van der Waals surface area contributed by atoms with Crippen LogP contribution in [-0.2, 0) is 0 Å². The number of rotatable bonds is 6. The normalized spacial score (nSPS) is 10.4. The number of nitrogens with zero attached hydrogens (tertiary/aromatic N) is 1. The van der Waals surface area contributed by atoms with E-state index in [0.29, 0.717) is 34.2 Å². The summed E-state index contributed by atoms with van der Waals surface area (Å²) in [6.07, 6.45) is 1.62. The molecule has 1 aromatic heterocycles. The molecular weight excluding hydrogens is 455 g/mol. The van der Waals surface area contributed by atoms with Crippen molar-refractivity contribution in [1.82, 2.24) is 10.3 Å². The maximum absolute atomic E-state index is 13.6. The number of pyridine rings is 1. The average Bonchev–Trinajstić information content (AvgIpc) is 2.86. The molecular formula is C25H21FN4O5. The number of methoxy groups -OCH3 is 2. The lowest BCUT2D eigenvalue weighted by molar-refractivity contribution is 0.240. The van der Waals surface area contributed by atoms with Crippen molar-refractivity contribution < 1.29 is 28.2 Å². The van der Waals surface area contributed by atoms with Crippen LogP contribution >= 0.6 is 0 Å². The molecule has 0 saturated carbocycles. The van der Waals surface area contributed by atoms with Gasteiger partial charge in [0.1, 0.15) is 17.3 Å². The number of anilines is 2. The summed E-state index contributed by atoms with van der Waals surface area (Å²) >= 11 is 0. The molecule has 1 heterocycles. The van der Waals surface area contributed by atoms with E-state index in [-0.39, 0.29) is 5.69 Å². The predicted molar refractivity (Wildman–Crippen MR) is 129 cm³/mol. The Kier molecular flexibility index (Phi) is 6.91. The highest BCUT2D eigenvalue weighted by Gasteiger charge is 2.13. The fraction of sp³-hybridized carbons (Fsp3) is 0.0800. The van der Waals surface area contributed by atoms with Crippen molar-refractivity contribution in [1.29, 1.82) is 0 Å². The van der Waals surface area contributed by atoms with Gasteiger partial charge in [-0.15, -0.1) is 0 Å². The number of hydrogen-bond donors (Lipinski definition) is 3. The summed E-state index contributed by atoms with van der Waals surface area (Å²) in [7, 11) is 3.10. The van der Waals surface area contributed by atoms with Gasteiger partial charge in [0.25, 0.3) is 0 Å². The van der Waals surface area contributed by atoms with Gasteiger partial charge in [-0.05, 0) is 48.5 Å². The van der Waals surface area contributed by atoms with Gasteiger partial charge in [0.2, 0.25) is 0 Å². The Labute approximate surface area is 199 Å². The number of nitrogens with one attached hydrogen (secondary N) is 3. The minimum atomic E-state index is -0.871. The van der Waals surface area contributed by atoms with Gasteiger partial charge < -0.3 is 24.8 Å². The molecule has 0 saturated heterocycles. The minimum absolute atomic E-state index is 0.0426. The van der Waals surface area contributed by atoms with Crippen molar-refractivity contribution in [2.24, 2.45) is 0 Å². The van der Waals surface area contributed by atoms with E-state index in [1.165, 1.54) is 18.2 Å². The number of imide groups is 1. The summed E-state index contributed by atoms with van der Waals surface area (Å²) in [6.45, 7) is 0. The Balaban J connectivity index is 1.40. The predicted octanol–water partition coefficient (Wildman–Crippen LogP) is 5.54. The van der Waals surface area contributed by atoms with Crippen LogP contribution in [0.4, 0.5) is 25.4 Å². The van der Waals surface area contributed by atoms with E-state index < -0.39 is 17.9 Å². The standard InChI is InChI=1S/C25H21FN4O5/c1-33-22-13-17-20(14-23(22)34-2)27-12-11-21(17)35-16-9-7-15(8-10-16)28-24(31)30-25(32)29-19-6-4-3-5-18(19)26/h3-14H,1-2H3,(H3,28,29,30,31,32). The van der Waals surface area contributed by atoms with E-state index in [1.54, 1.807) is 68.9 Å². The third-order valence-corrected chi connectivity index (χ3v) is 4.90. The molecule has 4 aromatic rings. The van der Waals surface area contributed by atoms with Crippen LogP contribution in [0, 0.1) is 5.82 Å². The van der Waals surface area contributed by atoms with Gasteiger partial charge in [0, 0.05) is 23.3 Å². The molecule has 0 radical (unpaired) electrons. The van der Waals surface area contributed by atoms with Crippen LogP contribution in [0.5, 0.6) is 23.0 Å². The molecule has 35 heavy (non-hydrogen) atoms. The number of amides is 4. The quantitative estimate of drug-likeness (QED) is 0.337. The largest absolute Gasteiger partial charge is 0.493 e. The molecule has 0 fully saturated rings. The van der Waals surface area contributed by atoms with E-state index in [9.17, 15) is 14.0 Å². The van der Waals surface area contributed by atoms with Crippen molar-refractivity contribution in [2.75, 3.05) is 24.9 Å². The first-order valence-electron chi connectivity index (χ1n) is 10.4. The van der Waals surface area contributed by atoms with E-state index in [4.69, 9.17) is 14.2 Å². The van der Waals surface area contributed by atoms with E-state index in [2.05, 4.69) is 20.9 Å². The fourth-order valence-corrected chi connectivity index (χ4v) is 3.25. The second kappa shape index (κ2) is 10.4. The summed E-state index contributed by atoms with van der Waals surface area (Å²) < 4.78 is 30.3. The second-order valence-corrected chi connectivity index (χ2v) is 7.17. The number of ether oxygens (including phenoxy) is 3. The Morgan fingerprint density at radius 1 is 0.829 bits per heavy atom. The molecule has 0 atom stereocenters. The first kappa shape index (κ1) is 23.3. The molecule has 0 unspecified atom stereocenters. The molecule has 3 aromatic carbocycles. The molecule has 10 heteroatoms. The first-order chi connectivity index (χ1) is 17.0. The van der Waals surface area contributed by atoms with Gasteiger partial charge in [-0.25, -0.2) is 14.0 Å². The van der Waals surface area contributed by atoms with Gasteiger partial charge >= 0.3 is 12.1 Å². The first-order valence-corrected chi connectivity index (χ1v) is 10.4. The number of para-hydroxylation sites is 1. The van der Waals surface area contributed by atoms with Gasteiger partial charge in [0.15, 0.2) is 11.5 Å². The van der Waals surface area contributed by atoms with Crippen molar-refractivity contribution in [3.05, 3.63) is 78.7 Å². The second-order valence-electron chi connectivity index (χ2n) is 7.17. The number of urea groups is 2. The molecule has 4 rings (SSSR count).